The lowest BCUT2D eigenvalue weighted by Gasteiger charge is -2.28. The molecule has 1 aromatic carbocycles. The van der Waals surface area contributed by atoms with E-state index in [4.69, 9.17) is 5.11 Å². The second kappa shape index (κ2) is 6.11. The van der Waals surface area contributed by atoms with Crippen molar-refractivity contribution >= 4 is 11.9 Å². The van der Waals surface area contributed by atoms with Crippen LogP contribution in [0.15, 0.2) is 18.2 Å². The Morgan fingerprint density at radius 1 is 1.09 bits per heavy atom. The summed E-state index contributed by atoms with van der Waals surface area (Å²) in [4.78, 5) is 23.4. The Morgan fingerprint density at radius 3 is 2.55 bits per heavy atom. The normalized spacial score (nSPS) is 18.9. The van der Waals surface area contributed by atoms with Crippen LogP contribution in [0.5, 0.6) is 0 Å². The number of carbonyl (C=O) groups excluding carboxylic acids is 1. The van der Waals surface area contributed by atoms with E-state index in [0.29, 0.717) is 6.42 Å². The number of nitrogens with one attached hydrogen (secondary N) is 1. The minimum absolute atomic E-state index is 0.0307. The third-order valence-corrected chi connectivity index (χ3v) is 4.98. The molecule has 3 rings (SSSR count). The van der Waals surface area contributed by atoms with Crippen molar-refractivity contribution < 1.29 is 14.7 Å². The van der Waals surface area contributed by atoms with Gasteiger partial charge in [0.05, 0.1) is 18.4 Å². The number of carboxylic acids is 1. The Bertz CT molecular complexity index is 588. The molecule has 0 heterocycles. The summed E-state index contributed by atoms with van der Waals surface area (Å²) in [5, 5.41) is 12.1. The first-order valence-electron chi connectivity index (χ1n) is 8.20. The van der Waals surface area contributed by atoms with E-state index in [1.165, 1.54) is 17.5 Å². The monoisotopic (exact) mass is 301 g/mol. The van der Waals surface area contributed by atoms with Crippen molar-refractivity contribution in [2.75, 3.05) is 0 Å². The molecule has 1 amide bonds. The fraction of sp³-hybridized carbons (Fsp3) is 0.556. The fourth-order valence-corrected chi connectivity index (χ4v) is 3.95. The second-order valence-corrected chi connectivity index (χ2v) is 6.74. The molecule has 0 bridgehead atoms. The van der Waals surface area contributed by atoms with E-state index in [1.54, 1.807) is 0 Å². The van der Waals surface area contributed by atoms with E-state index in [-0.39, 0.29) is 12.3 Å². The number of amides is 1. The molecule has 0 atom stereocenters. The van der Waals surface area contributed by atoms with Crippen molar-refractivity contribution in [3.8, 4) is 0 Å². The van der Waals surface area contributed by atoms with Gasteiger partial charge in [-0.2, -0.15) is 0 Å². The number of fused-ring (bicyclic) bond motifs is 1. The summed E-state index contributed by atoms with van der Waals surface area (Å²) in [6, 6.07) is 6.30. The first-order chi connectivity index (χ1) is 10.6. The van der Waals surface area contributed by atoms with Crippen molar-refractivity contribution in [1.82, 2.24) is 5.32 Å². The number of aliphatic carboxylic acids is 1. The predicted molar refractivity (Wildman–Crippen MR) is 83.8 cm³/mol. The van der Waals surface area contributed by atoms with Gasteiger partial charge in [-0.1, -0.05) is 31.0 Å². The molecule has 0 spiro atoms. The van der Waals surface area contributed by atoms with E-state index in [9.17, 15) is 9.59 Å². The van der Waals surface area contributed by atoms with Crippen LogP contribution in [0.2, 0.25) is 0 Å². The number of hydrogen-bond donors (Lipinski definition) is 2. The van der Waals surface area contributed by atoms with Gasteiger partial charge in [-0.25, -0.2) is 0 Å². The van der Waals surface area contributed by atoms with Gasteiger partial charge in [0.15, 0.2) is 0 Å². The molecule has 0 aliphatic heterocycles. The molecule has 4 nitrogen and oxygen atoms in total. The first kappa shape index (κ1) is 15.1. The number of aryl methyl sites for hydroxylation is 2. The topological polar surface area (TPSA) is 66.4 Å². The summed E-state index contributed by atoms with van der Waals surface area (Å²) in [7, 11) is 0. The largest absolute Gasteiger partial charge is 0.481 e. The van der Waals surface area contributed by atoms with Crippen molar-refractivity contribution in [3.05, 3.63) is 34.9 Å². The van der Waals surface area contributed by atoms with Gasteiger partial charge in [-0.05, 0) is 48.8 Å². The van der Waals surface area contributed by atoms with Gasteiger partial charge < -0.3 is 10.4 Å². The van der Waals surface area contributed by atoms with Crippen molar-refractivity contribution in [2.45, 2.75) is 63.3 Å². The third kappa shape index (κ3) is 3.32. The first-order valence-corrected chi connectivity index (χ1v) is 8.20. The molecule has 0 radical (unpaired) electrons. The van der Waals surface area contributed by atoms with Gasteiger partial charge in [-0.15, -0.1) is 0 Å². The highest BCUT2D eigenvalue weighted by Gasteiger charge is 2.37. The lowest BCUT2D eigenvalue weighted by Crippen LogP contribution is -2.48. The molecule has 0 saturated heterocycles. The number of hydrogen-bond acceptors (Lipinski definition) is 2. The molecule has 1 fully saturated rings. The molecule has 2 aliphatic carbocycles. The minimum atomic E-state index is -0.834. The Morgan fingerprint density at radius 2 is 1.82 bits per heavy atom. The fourth-order valence-electron chi connectivity index (χ4n) is 3.95. The Hall–Kier alpha value is -1.84. The minimum Gasteiger partial charge on any atom is -0.481 e. The molecule has 0 aromatic heterocycles. The zero-order valence-corrected chi connectivity index (χ0v) is 12.9. The maximum atomic E-state index is 12.4. The van der Waals surface area contributed by atoms with Gasteiger partial charge in [0, 0.05) is 0 Å². The van der Waals surface area contributed by atoms with Gasteiger partial charge in [0.25, 0.3) is 0 Å². The van der Waals surface area contributed by atoms with Gasteiger partial charge in [-0.3, -0.25) is 9.59 Å². The van der Waals surface area contributed by atoms with Crippen molar-refractivity contribution in [1.29, 1.82) is 0 Å². The summed E-state index contributed by atoms with van der Waals surface area (Å²) < 4.78 is 0. The second-order valence-electron chi connectivity index (χ2n) is 6.74. The van der Waals surface area contributed by atoms with Crippen LogP contribution in [0.3, 0.4) is 0 Å². The summed E-state index contributed by atoms with van der Waals surface area (Å²) >= 11 is 0. The molecule has 0 unspecified atom stereocenters. The maximum Gasteiger partial charge on any atom is 0.305 e. The highest BCUT2D eigenvalue weighted by molar-refractivity contribution is 5.80. The van der Waals surface area contributed by atoms with Crippen LogP contribution in [0, 0.1) is 0 Å². The smallest absolute Gasteiger partial charge is 0.305 e. The van der Waals surface area contributed by atoms with Crippen LogP contribution in [-0.2, 0) is 28.9 Å². The number of rotatable bonds is 5. The molecular formula is C18H23NO3. The molecule has 2 N–H and O–H groups in total. The average Bonchev–Trinajstić information content (AvgIpc) is 3.06. The van der Waals surface area contributed by atoms with Gasteiger partial charge in [0.1, 0.15) is 0 Å². The van der Waals surface area contributed by atoms with Crippen LogP contribution in [0.1, 0.15) is 55.2 Å². The van der Waals surface area contributed by atoms with Gasteiger partial charge >= 0.3 is 5.97 Å². The number of benzene rings is 1. The maximum absolute atomic E-state index is 12.4. The Balaban J connectivity index is 1.65. The highest BCUT2D eigenvalue weighted by atomic mass is 16.4. The predicted octanol–water partition coefficient (Wildman–Crippen LogP) is 2.62. The Kier molecular flexibility index (Phi) is 4.19. The zero-order chi connectivity index (χ0) is 15.6. The van der Waals surface area contributed by atoms with Crippen LogP contribution >= 0.6 is 0 Å². The highest BCUT2D eigenvalue weighted by Crippen LogP contribution is 2.32. The lowest BCUT2D eigenvalue weighted by atomic mass is 9.92. The van der Waals surface area contributed by atoms with Crippen molar-refractivity contribution in [2.24, 2.45) is 0 Å². The summed E-state index contributed by atoms with van der Waals surface area (Å²) in [5.74, 6) is -0.888. The Labute approximate surface area is 130 Å². The summed E-state index contributed by atoms with van der Waals surface area (Å²) in [6.45, 7) is 0. The molecular weight excluding hydrogens is 278 g/mol. The molecule has 1 aromatic rings. The zero-order valence-electron chi connectivity index (χ0n) is 12.9. The standard InChI is InChI=1S/C18H23NO3/c20-16(19-18(12-17(21)22)8-1-2-9-18)11-13-6-7-14-4-3-5-15(14)10-13/h6-7,10H,1-5,8-9,11-12H2,(H,19,20)(H,21,22). The summed E-state index contributed by atoms with van der Waals surface area (Å²) in [6.07, 6.45) is 7.35. The lowest BCUT2D eigenvalue weighted by molar-refractivity contribution is -0.139. The van der Waals surface area contributed by atoms with E-state index < -0.39 is 11.5 Å². The molecule has 4 heteroatoms. The van der Waals surface area contributed by atoms with Crippen molar-refractivity contribution in [3.63, 3.8) is 0 Å². The van der Waals surface area contributed by atoms with E-state index >= 15 is 0 Å². The molecule has 1 saturated carbocycles. The van der Waals surface area contributed by atoms with Crippen LogP contribution in [0.4, 0.5) is 0 Å². The summed E-state index contributed by atoms with van der Waals surface area (Å²) in [5.41, 5.74) is 3.27. The van der Waals surface area contributed by atoms with Crippen LogP contribution < -0.4 is 5.32 Å². The molecule has 118 valence electrons. The van der Waals surface area contributed by atoms with Gasteiger partial charge in [0.2, 0.25) is 5.91 Å². The van der Waals surface area contributed by atoms with E-state index in [1.807, 2.05) is 6.07 Å². The molecule has 2 aliphatic rings. The quantitative estimate of drug-likeness (QED) is 0.878. The number of carboxylic acid groups (broad SMARTS) is 1. The number of carbonyl (C=O) groups is 2. The van der Waals surface area contributed by atoms with Crippen LogP contribution in [0.25, 0.3) is 0 Å². The molecule has 22 heavy (non-hydrogen) atoms. The van der Waals surface area contributed by atoms with E-state index in [2.05, 4.69) is 17.4 Å². The average molecular weight is 301 g/mol. The van der Waals surface area contributed by atoms with E-state index in [0.717, 1.165) is 44.1 Å². The third-order valence-electron chi connectivity index (χ3n) is 4.98. The SMILES string of the molecule is O=C(O)CC1(NC(=O)Cc2ccc3c(c2)CCC3)CCCC1. The van der Waals surface area contributed by atoms with Crippen LogP contribution in [-0.4, -0.2) is 22.5 Å².